The summed E-state index contributed by atoms with van der Waals surface area (Å²) in [6.07, 6.45) is 3.84. The van der Waals surface area contributed by atoms with Gasteiger partial charge in [-0.15, -0.1) is 0 Å². The number of nitrogens with zero attached hydrogens (tertiary/aromatic N) is 3. The average molecular weight is 329 g/mol. The molecule has 24 heavy (non-hydrogen) atoms. The molecule has 0 saturated carbocycles. The summed E-state index contributed by atoms with van der Waals surface area (Å²) in [7, 11) is 3.97. The molecule has 5 nitrogen and oxygen atoms in total. The zero-order valence-corrected chi connectivity index (χ0v) is 14.7. The van der Waals surface area contributed by atoms with Crippen LogP contribution in [0.1, 0.15) is 36.0 Å². The Hall–Kier alpha value is -2.04. The number of amides is 2. The third kappa shape index (κ3) is 3.55. The maximum atomic E-state index is 12.6. The third-order valence-corrected chi connectivity index (χ3v) is 5.18. The number of hydrogen-bond donors (Lipinski definition) is 0. The van der Waals surface area contributed by atoms with Crippen molar-refractivity contribution in [2.45, 2.75) is 25.7 Å². The first-order chi connectivity index (χ1) is 11.6. The highest BCUT2D eigenvalue weighted by Crippen LogP contribution is 2.23. The van der Waals surface area contributed by atoms with Crippen molar-refractivity contribution in [2.75, 3.05) is 45.2 Å². The molecular weight excluding hydrogens is 302 g/mol. The second kappa shape index (κ2) is 7.24. The largest absolute Gasteiger partial charge is 0.378 e. The van der Waals surface area contributed by atoms with Crippen molar-refractivity contribution >= 4 is 17.5 Å². The monoisotopic (exact) mass is 329 g/mol. The number of anilines is 1. The fourth-order valence-corrected chi connectivity index (χ4v) is 3.61. The van der Waals surface area contributed by atoms with Gasteiger partial charge in [0.25, 0.3) is 5.91 Å². The molecule has 0 atom stereocenters. The Balaban J connectivity index is 1.55. The van der Waals surface area contributed by atoms with Gasteiger partial charge < -0.3 is 14.7 Å². The van der Waals surface area contributed by atoms with E-state index in [2.05, 4.69) is 0 Å². The second-order valence-corrected chi connectivity index (χ2v) is 7.04. The van der Waals surface area contributed by atoms with Crippen LogP contribution in [0, 0.1) is 5.92 Å². The minimum absolute atomic E-state index is 0.0763. The second-order valence-electron chi connectivity index (χ2n) is 7.04. The van der Waals surface area contributed by atoms with Gasteiger partial charge in [0.2, 0.25) is 5.91 Å². The topological polar surface area (TPSA) is 43.9 Å². The molecule has 5 heteroatoms. The Morgan fingerprint density at radius 1 is 0.917 bits per heavy atom. The van der Waals surface area contributed by atoms with Gasteiger partial charge in [0.05, 0.1) is 0 Å². The molecule has 1 aromatic rings. The molecule has 0 spiro atoms. The standard InChI is InChI=1S/C19H27N3O2/c1-20(2)17-7-5-15(6-8-17)18(23)22-13-9-16(10-14-22)19(24)21-11-3-4-12-21/h5-8,16H,3-4,9-14H2,1-2H3. The summed E-state index contributed by atoms with van der Waals surface area (Å²) in [6, 6.07) is 7.71. The number of likely N-dealkylation sites (tertiary alicyclic amines) is 2. The van der Waals surface area contributed by atoms with Crippen molar-refractivity contribution in [2.24, 2.45) is 5.92 Å². The normalized spacial score (nSPS) is 18.8. The highest BCUT2D eigenvalue weighted by molar-refractivity contribution is 5.94. The summed E-state index contributed by atoms with van der Waals surface area (Å²) < 4.78 is 0. The predicted octanol–water partition coefficient (Wildman–Crippen LogP) is 2.23. The molecule has 1 aromatic carbocycles. The van der Waals surface area contributed by atoms with E-state index in [0.717, 1.165) is 50.0 Å². The van der Waals surface area contributed by atoms with E-state index in [4.69, 9.17) is 0 Å². The summed E-state index contributed by atoms with van der Waals surface area (Å²) in [6.45, 7) is 3.18. The van der Waals surface area contributed by atoms with E-state index >= 15 is 0 Å². The summed E-state index contributed by atoms with van der Waals surface area (Å²) in [5.41, 5.74) is 1.81. The molecule has 2 aliphatic heterocycles. The van der Waals surface area contributed by atoms with Crippen molar-refractivity contribution in [1.29, 1.82) is 0 Å². The minimum atomic E-state index is 0.0763. The van der Waals surface area contributed by atoms with E-state index < -0.39 is 0 Å². The van der Waals surface area contributed by atoms with Crippen LogP contribution >= 0.6 is 0 Å². The van der Waals surface area contributed by atoms with Crippen LogP contribution in [0.5, 0.6) is 0 Å². The first-order valence-corrected chi connectivity index (χ1v) is 8.91. The van der Waals surface area contributed by atoms with Gasteiger partial charge in [-0.2, -0.15) is 0 Å². The van der Waals surface area contributed by atoms with Gasteiger partial charge in [0, 0.05) is 57.4 Å². The lowest BCUT2D eigenvalue weighted by molar-refractivity contribution is -0.135. The first kappa shape index (κ1) is 16.8. The molecule has 0 aromatic heterocycles. The van der Waals surface area contributed by atoms with Gasteiger partial charge >= 0.3 is 0 Å². The molecule has 0 unspecified atom stereocenters. The Labute approximate surface area is 144 Å². The molecule has 2 amide bonds. The Morgan fingerprint density at radius 2 is 1.50 bits per heavy atom. The molecule has 0 bridgehead atoms. The van der Waals surface area contributed by atoms with E-state index in [0.29, 0.717) is 19.0 Å². The highest BCUT2D eigenvalue weighted by Gasteiger charge is 2.31. The van der Waals surface area contributed by atoms with Crippen LogP contribution in [0.3, 0.4) is 0 Å². The molecule has 0 radical (unpaired) electrons. The van der Waals surface area contributed by atoms with Gasteiger partial charge in [-0.3, -0.25) is 9.59 Å². The third-order valence-electron chi connectivity index (χ3n) is 5.18. The molecule has 2 aliphatic rings. The molecule has 3 rings (SSSR count). The Morgan fingerprint density at radius 3 is 2.04 bits per heavy atom. The van der Waals surface area contributed by atoms with Crippen LogP contribution in [0.25, 0.3) is 0 Å². The fraction of sp³-hybridized carbons (Fsp3) is 0.579. The predicted molar refractivity (Wildman–Crippen MR) is 95.2 cm³/mol. The molecule has 0 N–H and O–H groups in total. The number of benzene rings is 1. The van der Waals surface area contributed by atoms with Gasteiger partial charge in [-0.25, -0.2) is 0 Å². The number of piperidine rings is 1. The summed E-state index contributed by atoms with van der Waals surface area (Å²) >= 11 is 0. The molecule has 2 heterocycles. The van der Waals surface area contributed by atoms with Crippen molar-refractivity contribution < 1.29 is 9.59 Å². The molecule has 2 fully saturated rings. The van der Waals surface area contributed by atoms with Crippen LogP contribution in [-0.2, 0) is 4.79 Å². The number of carbonyl (C=O) groups excluding carboxylic acids is 2. The van der Waals surface area contributed by atoms with Gasteiger partial charge in [0.1, 0.15) is 0 Å². The Bertz CT molecular complexity index is 583. The number of hydrogen-bond acceptors (Lipinski definition) is 3. The van der Waals surface area contributed by atoms with Crippen molar-refractivity contribution in [3.05, 3.63) is 29.8 Å². The van der Waals surface area contributed by atoms with E-state index in [1.54, 1.807) is 0 Å². The van der Waals surface area contributed by atoms with Gasteiger partial charge in [-0.05, 0) is 49.9 Å². The van der Waals surface area contributed by atoms with Crippen LogP contribution in [0.15, 0.2) is 24.3 Å². The summed E-state index contributed by atoms with van der Waals surface area (Å²) in [4.78, 5) is 31.0. The van der Waals surface area contributed by atoms with Crippen molar-refractivity contribution in [1.82, 2.24) is 9.80 Å². The molecule has 2 saturated heterocycles. The zero-order valence-electron chi connectivity index (χ0n) is 14.7. The number of carbonyl (C=O) groups is 2. The first-order valence-electron chi connectivity index (χ1n) is 8.91. The lowest BCUT2D eigenvalue weighted by atomic mass is 9.95. The maximum Gasteiger partial charge on any atom is 0.253 e. The van der Waals surface area contributed by atoms with Gasteiger partial charge in [-0.1, -0.05) is 0 Å². The Kier molecular flexibility index (Phi) is 5.07. The minimum Gasteiger partial charge on any atom is -0.378 e. The summed E-state index contributed by atoms with van der Waals surface area (Å²) in [5, 5.41) is 0. The molecule has 130 valence electrons. The van der Waals surface area contributed by atoms with Crippen LogP contribution in [0.4, 0.5) is 5.69 Å². The SMILES string of the molecule is CN(C)c1ccc(C(=O)N2CCC(C(=O)N3CCCC3)CC2)cc1. The van der Waals surface area contributed by atoms with E-state index in [9.17, 15) is 9.59 Å². The van der Waals surface area contributed by atoms with Crippen molar-refractivity contribution in [3.63, 3.8) is 0 Å². The van der Waals surface area contributed by atoms with E-state index in [1.165, 1.54) is 0 Å². The number of rotatable bonds is 3. The average Bonchev–Trinajstić information content (AvgIpc) is 3.15. The van der Waals surface area contributed by atoms with Gasteiger partial charge in [0.15, 0.2) is 0 Å². The smallest absolute Gasteiger partial charge is 0.253 e. The quantitative estimate of drug-likeness (QED) is 0.854. The molecular formula is C19H27N3O2. The van der Waals surface area contributed by atoms with E-state index in [-0.39, 0.29) is 11.8 Å². The van der Waals surface area contributed by atoms with Crippen LogP contribution in [-0.4, -0.2) is 61.9 Å². The van der Waals surface area contributed by atoms with Crippen molar-refractivity contribution in [3.8, 4) is 0 Å². The maximum absolute atomic E-state index is 12.6. The molecule has 0 aliphatic carbocycles. The lowest BCUT2D eigenvalue weighted by Crippen LogP contribution is -2.43. The van der Waals surface area contributed by atoms with Crippen LogP contribution in [0.2, 0.25) is 0 Å². The summed E-state index contributed by atoms with van der Waals surface area (Å²) in [5.74, 6) is 0.477. The van der Waals surface area contributed by atoms with Crippen LogP contribution < -0.4 is 4.90 Å². The fourth-order valence-electron chi connectivity index (χ4n) is 3.61. The lowest BCUT2D eigenvalue weighted by Gasteiger charge is -2.33. The highest BCUT2D eigenvalue weighted by atomic mass is 16.2. The zero-order chi connectivity index (χ0) is 17.1. The van der Waals surface area contributed by atoms with E-state index in [1.807, 2.05) is 53.1 Å².